The van der Waals surface area contributed by atoms with Crippen molar-refractivity contribution in [2.45, 2.75) is 6.42 Å². The first kappa shape index (κ1) is 15.9. The van der Waals surface area contributed by atoms with Crippen LogP contribution in [0.2, 0.25) is 5.02 Å². The Morgan fingerprint density at radius 3 is 2.55 bits per heavy atom. The van der Waals surface area contributed by atoms with Crippen molar-refractivity contribution in [2.24, 2.45) is 0 Å². The zero-order valence-corrected chi connectivity index (χ0v) is 11.6. The van der Waals surface area contributed by atoms with Gasteiger partial charge in [-0.3, -0.25) is 4.79 Å². The summed E-state index contributed by atoms with van der Waals surface area (Å²) in [5.41, 5.74) is 1.02. The van der Waals surface area contributed by atoms with E-state index in [2.05, 4.69) is 11.2 Å². The van der Waals surface area contributed by atoms with Gasteiger partial charge in [0.15, 0.2) is 0 Å². The van der Waals surface area contributed by atoms with Crippen LogP contribution in [-0.4, -0.2) is 41.6 Å². The fourth-order valence-electron chi connectivity index (χ4n) is 1.55. The largest absolute Gasteiger partial charge is 0.480 e. The molecule has 1 rings (SSSR count). The van der Waals surface area contributed by atoms with E-state index >= 15 is 0 Å². The topological polar surface area (TPSA) is 69.6 Å². The Balaban J connectivity index is 2.42. The fourth-order valence-corrected chi connectivity index (χ4v) is 1.68. The first-order chi connectivity index (χ1) is 9.52. The zero-order chi connectivity index (χ0) is 15.0. The molecular formula is C14H15ClN2O3. The van der Waals surface area contributed by atoms with Gasteiger partial charge in [0, 0.05) is 11.6 Å². The van der Waals surface area contributed by atoms with Crippen LogP contribution >= 0.6 is 11.6 Å². The molecule has 0 aliphatic carbocycles. The molecule has 0 aliphatic rings. The number of carboxylic acids is 1. The number of carbonyl (C=O) groups is 2. The van der Waals surface area contributed by atoms with Gasteiger partial charge >= 0.3 is 12.0 Å². The summed E-state index contributed by atoms with van der Waals surface area (Å²) >= 11 is 5.77. The average molecular weight is 295 g/mol. The SMILES string of the molecule is C#CCN(CC(=O)O)C(=O)NCCc1ccc(Cl)cc1. The quantitative estimate of drug-likeness (QED) is 0.783. The van der Waals surface area contributed by atoms with Crippen LogP contribution < -0.4 is 5.32 Å². The molecule has 1 aromatic carbocycles. The van der Waals surface area contributed by atoms with Crippen molar-refractivity contribution in [1.82, 2.24) is 10.2 Å². The average Bonchev–Trinajstić information content (AvgIpc) is 2.40. The highest BCUT2D eigenvalue weighted by Gasteiger charge is 2.14. The fraction of sp³-hybridized carbons (Fsp3) is 0.286. The van der Waals surface area contributed by atoms with Crippen molar-refractivity contribution in [1.29, 1.82) is 0 Å². The molecule has 0 bridgehead atoms. The van der Waals surface area contributed by atoms with E-state index in [4.69, 9.17) is 23.1 Å². The number of nitrogens with one attached hydrogen (secondary N) is 1. The summed E-state index contributed by atoms with van der Waals surface area (Å²) in [6.07, 6.45) is 5.72. The van der Waals surface area contributed by atoms with Gasteiger partial charge in [0.2, 0.25) is 0 Å². The Labute approximate surface area is 122 Å². The van der Waals surface area contributed by atoms with Gasteiger partial charge in [-0.25, -0.2) is 4.79 Å². The van der Waals surface area contributed by atoms with Crippen LogP contribution in [0.4, 0.5) is 4.79 Å². The van der Waals surface area contributed by atoms with Crippen LogP contribution in [0, 0.1) is 12.3 Å². The van der Waals surface area contributed by atoms with Crippen LogP contribution in [0.3, 0.4) is 0 Å². The second kappa shape index (κ2) is 8.08. The number of nitrogens with zero attached hydrogens (tertiary/aromatic N) is 1. The molecule has 1 aromatic rings. The minimum atomic E-state index is -1.10. The Morgan fingerprint density at radius 2 is 2.00 bits per heavy atom. The maximum Gasteiger partial charge on any atom is 0.323 e. The van der Waals surface area contributed by atoms with Gasteiger partial charge in [-0.1, -0.05) is 29.7 Å². The van der Waals surface area contributed by atoms with Gasteiger partial charge in [0.1, 0.15) is 6.54 Å². The van der Waals surface area contributed by atoms with Crippen molar-refractivity contribution in [2.75, 3.05) is 19.6 Å². The van der Waals surface area contributed by atoms with Gasteiger partial charge < -0.3 is 15.3 Å². The van der Waals surface area contributed by atoms with Crippen molar-refractivity contribution in [3.63, 3.8) is 0 Å². The van der Waals surface area contributed by atoms with Gasteiger partial charge in [-0.15, -0.1) is 6.42 Å². The molecule has 0 radical (unpaired) electrons. The number of benzene rings is 1. The molecule has 0 atom stereocenters. The highest BCUT2D eigenvalue weighted by atomic mass is 35.5. The zero-order valence-electron chi connectivity index (χ0n) is 10.8. The summed E-state index contributed by atoms with van der Waals surface area (Å²) in [6, 6.07) is 6.79. The van der Waals surface area contributed by atoms with Crippen LogP contribution in [0.15, 0.2) is 24.3 Å². The van der Waals surface area contributed by atoms with E-state index in [0.29, 0.717) is 18.0 Å². The third-order valence-corrected chi connectivity index (χ3v) is 2.75. The summed E-state index contributed by atoms with van der Waals surface area (Å²) in [5, 5.41) is 12.0. The molecule has 2 N–H and O–H groups in total. The van der Waals surface area contributed by atoms with E-state index in [9.17, 15) is 9.59 Å². The summed E-state index contributed by atoms with van der Waals surface area (Å²) in [5.74, 6) is 1.15. The molecule has 20 heavy (non-hydrogen) atoms. The molecule has 0 fully saturated rings. The Morgan fingerprint density at radius 1 is 1.35 bits per heavy atom. The van der Waals surface area contributed by atoms with Crippen LogP contribution in [0.1, 0.15) is 5.56 Å². The minimum absolute atomic E-state index is 0.0426. The molecule has 5 nitrogen and oxygen atoms in total. The van der Waals surface area contributed by atoms with Crippen molar-refractivity contribution in [3.8, 4) is 12.3 Å². The lowest BCUT2D eigenvalue weighted by Gasteiger charge is -2.18. The third kappa shape index (κ3) is 5.63. The standard InChI is InChI=1S/C14H15ClN2O3/c1-2-9-17(10-13(18)19)14(20)16-8-7-11-3-5-12(15)6-4-11/h1,3-6H,7-10H2,(H,16,20)(H,18,19). The number of carbonyl (C=O) groups excluding carboxylic acids is 1. The summed E-state index contributed by atoms with van der Waals surface area (Å²) < 4.78 is 0. The molecule has 6 heteroatoms. The maximum absolute atomic E-state index is 11.7. The van der Waals surface area contributed by atoms with Gasteiger partial charge in [-0.05, 0) is 24.1 Å². The first-order valence-corrected chi connectivity index (χ1v) is 6.33. The highest BCUT2D eigenvalue weighted by molar-refractivity contribution is 6.30. The normalized spacial score (nSPS) is 9.60. The third-order valence-electron chi connectivity index (χ3n) is 2.50. The number of halogens is 1. The molecule has 0 aliphatic heterocycles. The van der Waals surface area contributed by atoms with E-state index in [-0.39, 0.29) is 6.54 Å². The molecule has 0 heterocycles. The predicted octanol–water partition coefficient (Wildman–Crippen LogP) is 1.61. The van der Waals surface area contributed by atoms with E-state index in [1.165, 1.54) is 0 Å². The molecule has 0 spiro atoms. The van der Waals surface area contributed by atoms with E-state index in [0.717, 1.165) is 10.5 Å². The van der Waals surface area contributed by atoms with Crippen molar-refractivity contribution >= 4 is 23.6 Å². The molecule has 0 saturated carbocycles. The van der Waals surface area contributed by atoms with Gasteiger partial charge in [0.25, 0.3) is 0 Å². The number of hydrogen-bond donors (Lipinski definition) is 2. The van der Waals surface area contributed by atoms with Gasteiger partial charge in [0.05, 0.1) is 6.54 Å². The number of carboxylic acid groups (broad SMARTS) is 1. The van der Waals surface area contributed by atoms with Crippen LogP contribution in [0.5, 0.6) is 0 Å². The minimum Gasteiger partial charge on any atom is -0.480 e. The maximum atomic E-state index is 11.7. The molecular weight excluding hydrogens is 280 g/mol. The van der Waals surface area contributed by atoms with Crippen LogP contribution in [0.25, 0.3) is 0 Å². The number of rotatable bonds is 6. The Bertz CT molecular complexity index is 508. The first-order valence-electron chi connectivity index (χ1n) is 5.95. The van der Waals surface area contributed by atoms with Crippen molar-refractivity contribution in [3.05, 3.63) is 34.9 Å². The number of urea groups is 1. The summed E-state index contributed by atoms with van der Waals surface area (Å²) in [7, 11) is 0. The summed E-state index contributed by atoms with van der Waals surface area (Å²) in [4.78, 5) is 23.4. The lowest BCUT2D eigenvalue weighted by Crippen LogP contribution is -2.43. The molecule has 0 saturated heterocycles. The number of amides is 2. The molecule has 106 valence electrons. The number of terminal acetylenes is 1. The Kier molecular flexibility index (Phi) is 6.41. The van der Waals surface area contributed by atoms with E-state index in [1.807, 2.05) is 12.1 Å². The Hall–Kier alpha value is -2.19. The second-order valence-electron chi connectivity index (χ2n) is 4.06. The molecule has 2 amide bonds. The van der Waals surface area contributed by atoms with Gasteiger partial charge in [-0.2, -0.15) is 0 Å². The monoisotopic (exact) mass is 294 g/mol. The number of aliphatic carboxylic acids is 1. The smallest absolute Gasteiger partial charge is 0.323 e. The lowest BCUT2D eigenvalue weighted by molar-refractivity contribution is -0.137. The molecule has 0 unspecified atom stereocenters. The molecule has 0 aromatic heterocycles. The predicted molar refractivity (Wildman–Crippen MR) is 76.6 cm³/mol. The second-order valence-corrected chi connectivity index (χ2v) is 4.50. The van der Waals surface area contributed by atoms with E-state index < -0.39 is 18.5 Å². The highest BCUT2D eigenvalue weighted by Crippen LogP contribution is 2.09. The number of hydrogen-bond acceptors (Lipinski definition) is 2. The summed E-state index contributed by atoms with van der Waals surface area (Å²) in [6.45, 7) is -0.0722. The van der Waals surface area contributed by atoms with Crippen molar-refractivity contribution < 1.29 is 14.7 Å². The lowest BCUT2D eigenvalue weighted by atomic mass is 10.1. The van der Waals surface area contributed by atoms with E-state index in [1.54, 1.807) is 12.1 Å². The van der Waals surface area contributed by atoms with Crippen LogP contribution in [-0.2, 0) is 11.2 Å².